The average molecular weight is 637 g/mol. The standard InChI is InChI=1S/C27H48N4O3.C7H14O2.C2H6/c1-7-10-25-26(32)23(4)16-21(2)15-22(3)17-29(5)12-13-31(11-8-9-14-34-27(25)33)19-24-18-30(6)20-28-24;1-5-3-6(2)9-7(8)4-5;1-2/h18,20-23,25H,7-17,19H2,1-6H3;5-8H,3-4H2,1-2H3;1-2H3/t21-,22-,23-,25?;5-,6+,7+;/m10./s1. The zero-order chi connectivity index (χ0) is 33.9. The Bertz CT molecular complexity index is 915. The summed E-state index contributed by atoms with van der Waals surface area (Å²) < 4.78 is 12.7. The van der Waals surface area contributed by atoms with Crippen molar-refractivity contribution in [2.45, 2.75) is 126 Å². The number of aliphatic hydroxyl groups is 1. The third kappa shape index (κ3) is 17.1. The van der Waals surface area contributed by atoms with Gasteiger partial charge in [0, 0.05) is 51.8 Å². The minimum atomic E-state index is -0.615. The van der Waals surface area contributed by atoms with Gasteiger partial charge >= 0.3 is 5.97 Å². The van der Waals surface area contributed by atoms with E-state index in [0.717, 1.165) is 83.4 Å². The smallest absolute Gasteiger partial charge is 0.316 e. The van der Waals surface area contributed by atoms with Gasteiger partial charge in [-0.3, -0.25) is 14.5 Å². The number of Topliss-reactive ketones (excluding diaryl/α,β-unsaturated/α-hetero) is 1. The molecule has 0 aliphatic carbocycles. The van der Waals surface area contributed by atoms with Gasteiger partial charge in [0.1, 0.15) is 11.7 Å². The molecule has 45 heavy (non-hydrogen) atoms. The number of carbonyl (C=O) groups is 2. The third-order valence-electron chi connectivity index (χ3n) is 8.66. The average Bonchev–Trinajstić information content (AvgIpc) is 3.38. The van der Waals surface area contributed by atoms with E-state index in [-0.39, 0.29) is 23.8 Å². The second-order valence-corrected chi connectivity index (χ2v) is 13.7. The van der Waals surface area contributed by atoms with Gasteiger partial charge in [-0.05, 0) is 76.8 Å². The number of aryl methyl sites for hydroxylation is 1. The number of hydrogen-bond donors (Lipinski definition) is 1. The summed E-state index contributed by atoms with van der Waals surface area (Å²) in [6, 6.07) is 0. The van der Waals surface area contributed by atoms with Crippen LogP contribution in [0, 0.1) is 29.6 Å². The van der Waals surface area contributed by atoms with Crippen LogP contribution in [0.15, 0.2) is 12.5 Å². The predicted molar refractivity (Wildman–Crippen MR) is 183 cm³/mol. The first kappa shape index (κ1) is 41.2. The van der Waals surface area contributed by atoms with Gasteiger partial charge in [0.25, 0.3) is 0 Å². The summed E-state index contributed by atoms with van der Waals surface area (Å²) in [6.07, 6.45) is 10.6. The summed E-state index contributed by atoms with van der Waals surface area (Å²) in [6.45, 7) is 21.9. The van der Waals surface area contributed by atoms with E-state index in [9.17, 15) is 9.59 Å². The first-order valence-electron chi connectivity index (χ1n) is 17.8. The van der Waals surface area contributed by atoms with Crippen molar-refractivity contribution >= 4 is 11.8 Å². The first-order valence-corrected chi connectivity index (χ1v) is 17.8. The molecule has 1 aromatic heterocycles. The number of esters is 1. The van der Waals surface area contributed by atoms with Crippen molar-refractivity contribution in [1.82, 2.24) is 19.4 Å². The largest absolute Gasteiger partial charge is 0.465 e. The molecule has 3 heterocycles. The fraction of sp³-hybridized carbons (Fsp3) is 0.861. The van der Waals surface area contributed by atoms with Gasteiger partial charge < -0.3 is 24.0 Å². The van der Waals surface area contributed by atoms with Crippen LogP contribution >= 0.6 is 0 Å². The monoisotopic (exact) mass is 637 g/mol. The molecule has 9 nitrogen and oxygen atoms in total. The number of hydrogen-bond acceptors (Lipinski definition) is 8. The molecule has 7 atom stereocenters. The highest BCUT2D eigenvalue weighted by Gasteiger charge is 2.31. The van der Waals surface area contributed by atoms with Crippen LogP contribution in [0.4, 0.5) is 0 Å². The van der Waals surface area contributed by atoms with Crippen LogP contribution in [0.5, 0.6) is 0 Å². The number of ketones is 1. The number of imidazole rings is 1. The van der Waals surface area contributed by atoms with Crippen LogP contribution in [0.2, 0.25) is 0 Å². The van der Waals surface area contributed by atoms with Gasteiger partial charge in [0.2, 0.25) is 0 Å². The predicted octanol–water partition coefficient (Wildman–Crippen LogP) is 6.33. The zero-order valence-corrected chi connectivity index (χ0v) is 30.5. The first-order chi connectivity index (χ1) is 21.4. The Labute approximate surface area is 275 Å². The topological polar surface area (TPSA) is 97.1 Å². The van der Waals surface area contributed by atoms with Crippen LogP contribution in [-0.4, -0.2) is 88.4 Å². The molecule has 0 amide bonds. The van der Waals surface area contributed by atoms with Crippen LogP contribution in [0.1, 0.15) is 112 Å². The summed E-state index contributed by atoms with van der Waals surface area (Å²) in [5.41, 5.74) is 1.08. The van der Waals surface area contributed by atoms with E-state index in [2.05, 4.69) is 48.8 Å². The fourth-order valence-corrected chi connectivity index (χ4v) is 6.67. The molecule has 2 fully saturated rings. The SMILES string of the molecule is CC.CCCC1C(=O)OCCCCN(Cc2cn(C)cn2)CCN(C)C[C@H](C)C[C@@H](C)C[C@@H](C)C1=O.C[C@H]1C[C@@H](C)O[C@@H](O)C1. The van der Waals surface area contributed by atoms with Gasteiger partial charge in [-0.25, -0.2) is 4.98 Å². The van der Waals surface area contributed by atoms with E-state index < -0.39 is 12.2 Å². The second kappa shape index (κ2) is 22.7. The highest BCUT2D eigenvalue weighted by atomic mass is 16.6. The molecule has 1 N–H and O–H groups in total. The lowest BCUT2D eigenvalue weighted by molar-refractivity contribution is -0.169. The van der Waals surface area contributed by atoms with E-state index in [1.54, 1.807) is 0 Å². The molecule has 2 saturated heterocycles. The highest BCUT2D eigenvalue weighted by Crippen LogP contribution is 2.25. The van der Waals surface area contributed by atoms with Crippen LogP contribution in [0.3, 0.4) is 0 Å². The quantitative estimate of drug-likeness (QED) is 0.303. The summed E-state index contributed by atoms with van der Waals surface area (Å²) in [5.74, 6) is 0.628. The van der Waals surface area contributed by atoms with Gasteiger partial charge in [-0.1, -0.05) is 54.9 Å². The van der Waals surface area contributed by atoms with E-state index >= 15 is 0 Å². The molecule has 0 aromatic carbocycles. The zero-order valence-electron chi connectivity index (χ0n) is 30.5. The Kier molecular flexibility index (Phi) is 20.8. The Morgan fingerprint density at radius 3 is 2.20 bits per heavy atom. The Balaban J connectivity index is 0.000000777. The minimum absolute atomic E-state index is 0.0612. The van der Waals surface area contributed by atoms with Crippen molar-refractivity contribution in [2.24, 2.45) is 36.6 Å². The Morgan fingerprint density at radius 1 is 0.911 bits per heavy atom. The Hall–Kier alpha value is -1.81. The molecule has 262 valence electrons. The molecule has 9 heteroatoms. The van der Waals surface area contributed by atoms with Gasteiger partial charge in [-0.2, -0.15) is 0 Å². The van der Waals surface area contributed by atoms with Crippen LogP contribution in [-0.2, 0) is 32.7 Å². The molecule has 1 unspecified atom stereocenters. The third-order valence-corrected chi connectivity index (χ3v) is 8.66. The lowest BCUT2D eigenvalue weighted by atomic mass is 9.83. The molecular formula is C36H68N4O5. The van der Waals surface area contributed by atoms with Crippen molar-refractivity contribution in [2.75, 3.05) is 39.8 Å². The highest BCUT2D eigenvalue weighted by molar-refractivity contribution is 6.00. The number of aromatic nitrogens is 2. The molecule has 0 saturated carbocycles. The summed E-state index contributed by atoms with van der Waals surface area (Å²) in [4.78, 5) is 35.3. The summed E-state index contributed by atoms with van der Waals surface area (Å²) in [7, 11) is 4.21. The molecule has 3 rings (SSSR count). The van der Waals surface area contributed by atoms with Crippen LogP contribution < -0.4 is 0 Å². The van der Waals surface area contributed by atoms with Gasteiger partial charge in [-0.15, -0.1) is 0 Å². The fourth-order valence-electron chi connectivity index (χ4n) is 6.67. The molecule has 0 spiro atoms. The van der Waals surface area contributed by atoms with E-state index in [1.165, 1.54) is 0 Å². The van der Waals surface area contributed by atoms with Crippen molar-refractivity contribution in [3.05, 3.63) is 18.2 Å². The number of nitrogens with zero attached hydrogens (tertiary/aromatic N) is 4. The van der Waals surface area contributed by atoms with Crippen LogP contribution in [0.25, 0.3) is 0 Å². The second-order valence-electron chi connectivity index (χ2n) is 13.7. The van der Waals surface area contributed by atoms with Crippen molar-refractivity contribution < 1.29 is 24.2 Å². The van der Waals surface area contributed by atoms with E-state index in [1.807, 2.05) is 52.6 Å². The molecule has 1 aromatic rings. The number of carbonyl (C=O) groups excluding carboxylic acids is 2. The van der Waals surface area contributed by atoms with Gasteiger partial charge in [0.15, 0.2) is 6.29 Å². The van der Waals surface area contributed by atoms with Gasteiger partial charge in [0.05, 0.1) is 24.7 Å². The lowest BCUT2D eigenvalue weighted by Gasteiger charge is -2.28. The maximum atomic E-state index is 13.1. The number of aliphatic hydroxyl groups excluding tert-OH is 1. The Morgan fingerprint density at radius 2 is 1.60 bits per heavy atom. The maximum Gasteiger partial charge on any atom is 0.316 e. The maximum absolute atomic E-state index is 13.1. The number of cyclic esters (lactones) is 1. The van der Waals surface area contributed by atoms with Crippen molar-refractivity contribution in [3.8, 4) is 0 Å². The lowest BCUT2D eigenvalue weighted by Crippen LogP contribution is -2.36. The number of rotatable bonds is 4. The molecule has 2 aliphatic rings. The molecular weight excluding hydrogens is 568 g/mol. The molecule has 2 aliphatic heterocycles. The molecule has 0 bridgehead atoms. The molecule has 0 radical (unpaired) electrons. The number of likely N-dealkylation sites (N-methyl/N-ethyl adjacent to an activating group) is 1. The summed E-state index contributed by atoms with van der Waals surface area (Å²) in [5, 5.41) is 9.03. The minimum Gasteiger partial charge on any atom is -0.465 e. The normalized spacial score (nSPS) is 30.5. The van der Waals surface area contributed by atoms with E-state index in [0.29, 0.717) is 30.8 Å². The summed E-state index contributed by atoms with van der Waals surface area (Å²) >= 11 is 0. The number of ether oxygens (including phenoxy) is 2. The van der Waals surface area contributed by atoms with Crippen molar-refractivity contribution in [3.63, 3.8) is 0 Å². The van der Waals surface area contributed by atoms with E-state index in [4.69, 9.17) is 14.6 Å². The van der Waals surface area contributed by atoms with Crippen molar-refractivity contribution in [1.29, 1.82) is 0 Å².